The molecule has 262 valence electrons. The van der Waals surface area contributed by atoms with Crippen LogP contribution in [0.2, 0.25) is 0 Å². The Hall–Kier alpha value is -6.65. The van der Waals surface area contributed by atoms with Crippen molar-refractivity contribution in [2.45, 2.75) is 37.5 Å². The Morgan fingerprint density at radius 3 is 1.75 bits per heavy atom. The lowest BCUT2D eigenvalue weighted by atomic mass is 9.68. The Balaban J connectivity index is 1.06. The summed E-state index contributed by atoms with van der Waals surface area (Å²) >= 11 is 0. The van der Waals surface area contributed by atoms with Crippen LogP contribution in [0.5, 0.6) is 0 Å². The molecule has 7 aromatic carbocycles. The van der Waals surface area contributed by atoms with Crippen LogP contribution >= 0.6 is 0 Å². The molecular formula is C51H37N3O. The van der Waals surface area contributed by atoms with Crippen LogP contribution in [0, 0.1) is 0 Å². The summed E-state index contributed by atoms with van der Waals surface area (Å²) in [6, 6.07) is 58.1. The van der Waals surface area contributed by atoms with Gasteiger partial charge >= 0.3 is 0 Å². The average molecular weight is 708 g/mol. The molecule has 4 heteroatoms. The summed E-state index contributed by atoms with van der Waals surface area (Å²) in [6.45, 7) is 0. The van der Waals surface area contributed by atoms with Crippen molar-refractivity contribution in [1.82, 2.24) is 15.0 Å². The molecule has 1 saturated carbocycles. The van der Waals surface area contributed by atoms with Crippen molar-refractivity contribution < 1.29 is 4.42 Å². The number of para-hydroxylation sites is 2. The van der Waals surface area contributed by atoms with Gasteiger partial charge in [0.05, 0.1) is 5.56 Å². The van der Waals surface area contributed by atoms with E-state index >= 15 is 0 Å². The fraction of sp³-hybridized carbons (Fsp3) is 0.118. The van der Waals surface area contributed by atoms with Crippen molar-refractivity contribution in [3.8, 4) is 67.5 Å². The van der Waals surface area contributed by atoms with E-state index in [-0.39, 0.29) is 5.41 Å². The summed E-state index contributed by atoms with van der Waals surface area (Å²) in [7, 11) is 0. The van der Waals surface area contributed by atoms with Gasteiger partial charge in [-0.05, 0) is 87.7 Å². The molecule has 2 heterocycles. The number of furan rings is 1. The van der Waals surface area contributed by atoms with Crippen LogP contribution in [0.15, 0.2) is 168 Å². The topological polar surface area (TPSA) is 51.8 Å². The molecule has 0 radical (unpaired) electrons. The minimum atomic E-state index is 0.142. The predicted molar refractivity (Wildman–Crippen MR) is 224 cm³/mol. The van der Waals surface area contributed by atoms with Crippen LogP contribution in [-0.2, 0) is 5.41 Å². The second-order valence-corrected chi connectivity index (χ2v) is 15.1. The van der Waals surface area contributed by atoms with Gasteiger partial charge in [0, 0.05) is 27.3 Å². The number of nitrogens with zero attached hydrogens (tertiary/aromatic N) is 3. The number of aromatic nitrogens is 3. The summed E-state index contributed by atoms with van der Waals surface area (Å²) in [4.78, 5) is 15.5. The molecule has 0 amide bonds. The van der Waals surface area contributed by atoms with Crippen molar-refractivity contribution >= 4 is 21.9 Å². The molecule has 0 unspecified atom stereocenters. The van der Waals surface area contributed by atoms with Gasteiger partial charge in [-0.1, -0.05) is 153 Å². The summed E-state index contributed by atoms with van der Waals surface area (Å²) < 4.78 is 6.49. The van der Waals surface area contributed by atoms with Crippen LogP contribution in [0.25, 0.3) is 89.5 Å². The fourth-order valence-corrected chi connectivity index (χ4v) is 9.32. The van der Waals surface area contributed by atoms with Gasteiger partial charge in [-0.3, -0.25) is 0 Å². The lowest BCUT2D eigenvalue weighted by Gasteiger charge is -2.36. The molecule has 0 bridgehead atoms. The number of hydrogen-bond donors (Lipinski definition) is 0. The average Bonchev–Trinajstić information content (AvgIpc) is 3.77. The molecule has 0 atom stereocenters. The SMILES string of the molecule is c1ccc(-c2cccc(-c3nc(-c4cccc(-c5ccc6c(c5)-c5ccccc5C65CCCCC5)c4)nc(-c4cccc5c4oc4ccccc45)n3)c2)cc1. The van der Waals surface area contributed by atoms with E-state index in [1.807, 2.05) is 30.3 Å². The monoisotopic (exact) mass is 707 g/mol. The highest BCUT2D eigenvalue weighted by molar-refractivity contribution is 6.09. The minimum Gasteiger partial charge on any atom is -0.455 e. The minimum absolute atomic E-state index is 0.142. The van der Waals surface area contributed by atoms with Crippen molar-refractivity contribution in [3.05, 3.63) is 175 Å². The Morgan fingerprint density at radius 1 is 0.382 bits per heavy atom. The summed E-state index contributed by atoms with van der Waals surface area (Å²) in [5, 5.41) is 2.11. The zero-order chi connectivity index (χ0) is 36.3. The van der Waals surface area contributed by atoms with Gasteiger partial charge in [0.2, 0.25) is 0 Å². The second-order valence-electron chi connectivity index (χ2n) is 15.1. The first-order valence-corrected chi connectivity index (χ1v) is 19.4. The van der Waals surface area contributed by atoms with Crippen molar-refractivity contribution in [3.63, 3.8) is 0 Å². The summed E-state index contributed by atoms with van der Waals surface area (Å²) in [5.74, 6) is 1.81. The highest BCUT2D eigenvalue weighted by Crippen LogP contribution is 2.56. The number of rotatable bonds is 5. The highest BCUT2D eigenvalue weighted by atomic mass is 16.3. The van der Waals surface area contributed by atoms with Crippen molar-refractivity contribution in [2.75, 3.05) is 0 Å². The van der Waals surface area contributed by atoms with E-state index in [1.54, 1.807) is 0 Å². The predicted octanol–water partition coefficient (Wildman–Crippen LogP) is 13.3. The molecule has 0 N–H and O–H groups in total. The maximum absolute atomic E-state index is 6.49. The van der Waals surface area contributed by atoms with E-state index in [4.69, 9.17) is 19.4 Å². The van der Waals surface area contributed by atoms with Gasteiger partial charge < -0.3 is 4.42 Å². The van der Waals surface area contributed by atoms with Crippen LogP contribution in [-0.4, -0.2) is 15.0 Å². The summed E-state index contributed by atoms with van der Waals surface area (Å²) in [6.07, 6.45) is 6.36. The van der Waals surface area contributed by atoms with Crippen LogP contribution in [0.3, 0.4) is 0 Å². The van der Waals surface area contributed by atoms with Gasteiger partial charge in [0.15, 0.2) is 17.5 Å². The third-order valence-corrected chi connectivity index (χ3v) is 11.9. The zero-order valence-corrected chi connectivity index (χ0v) is 30.4. The number of fused-ring (bicyclic) bond motifs is 8. The van der Waals surface area contributed by atoms with Gasteiger partial charge in [-0.15, -0.1) is 0 Å². The number of hydrogen-bond acceptors (Lipinski definition) is 4. The molecule has 1 spiro atoms. The fourth-order valence-electron chi connectivity index (χ4n) is 9.32. The Kier molecular flexibility index (Phi) is 7.38. The molecular weight excluding hydrogens is 671 g/mol. The molecule has 0 aliphatic heterocycles. The first-order chi connectivity index (χ1) is 27.2. The standard InChI is InChI=1S/C51H37N3O/c1-3-14-33(15-4-1)34-16-11-18-37(30-34)48-52-49(54-50(53-48)42-23-13-22-41-40-21-6-8-25-46(40)55-47(41)42)38-19-12-17-35(31-38)36-26-27-45-43(32-36)39-20-5-7-24-44(39)51(45)28-9-2-10-29-51/h1,3-8,11-27,30-32H,2,9-10,28-29H2. The third kappa shape index (κ3) is 5.24. The van der Waals surface area contributed by atoms with Gasteiger partial charge in [0.1, 0.15) is 11.2 Å². The highest BCUT2D eigenvalue weighted by Gasteiger charge is 2.43. The lowest BCUT2D eigenvalue weighted by molar-refractivity contribution is 0.353. The Labute approximate surface area is 320 Å². The van der Waals surface area contributed by atoms with E-state index in [9.17, 15) is 0 Å². The maximum atomic E-state index is 6.49. The molecule has 2 aliphatic rings. The molecule has 11 rings (SSSR count). The second kappa shape index (κ2) is 12.7. The van der Waals surface area contributed by atoms with Crippen LogP contribution < -0.4 is 0 Å². The first kappa shape index (κ1) is 31.8. The molecule has 9 aromatic rings. The van der Waals surface area contributed by atoms with Gasteiger partial charge in [-0.25, -0.2) is 15.0 Å². The normalized spacial score (nSPS) is 14.3. The smallest absolute Gasteiger partial charge is 0.167 e. The molecule has 55 heavy (non-hydrogen) atoms. The number of benzene rings is 7. The molecule has 2 aliphatic carbocycles. The van der Waals surface area contributed by atoms with Crippen molar-refractivity contribution in [2.24, 2.45) is 0 Å². The van der Waals surface area contributed by atoms with Gasteiger partial charge in [-0.2, -0.15) is 0 Å². The molecule has 4 nitrogen and oxygen atoms in total. The lowest BCUT2D eigenvalue weighted by Crippen LogP contribution is -2.27. The van der Waals surface area contributed by atoms with E-state index < -0.39 is 0 Å². The quantitative estimate of drug-likeness (QED) is 0.179. The summed E-state index contributed by atoms with van der Waals surface area (Å²) in [5.41, 5.74) is 14.8. The zero-order valence-electron chi connectivity index (χ0n) is 30.4. The van der Waals surface area contributed by atoms with E-state index in [0.29, 0.717) is 17.5 Å². The molecule has 1 fully saturated rings. The van der Waals surface area contributed by atoms with Crippen LogP contribution in [0.4, 0.5) is 0 Å². The van der Waals surface area contributed by atoms with Crippen molar-refractivity contribution in [1.29, 1.82) is 0 Å². The maximum Gasteiger partial charge on any atom is 0.167 e. The van der Waals surface area contributed by atoms with E-state index in [1.165, 1.54) is 59.9 Å². The molecule has 0 saturated heterocycles. The Bertz CT molecular complexity index is 2920. The molecule has 2 aromatic heterocycles. The van der Waals surface area contributed by atoms with Gasteiger partial charge in [0.25, 0.3) is 0 Å². The van der Waals surface area contributed by atoms with E-state index in [2.05, 4.69) is 133 Å². The Morgan fingerprint density at radius 2 is 0.945 bits per heavy atom. The van der Waals surface area contributed by atoms with Crippen LogP contribution in [0.1, 0.15) is 43.2 Å². The van der Waals surface area contributed by atoms with E-state index in [0.717, 1.165) is 55.3 Å². The first-order valence-electron chi connectivity index (χ1n) is 19.4. The largest absolute Gasteiger partial charge is 0.455 e. The third-order valence-electron chi connectivity index (χ3n) is 11.9.